The summed E-state index contributed by atoms with van der Waals surface area (Å²) >= 11 is 5.47. The Labute approximate surface area is 123 Å². The summed E-state index contributed by atoms with van der Waals surface area (Å²) < 4.78 is 10.8. The van der Waals surface area contributed by atoms with Crippen LogP contribution >= 0.6 is 12.2 Å². The van der Waals surface area contributed by atoms with E-state index in [0.29, 0.717) is 6.10 Å². The third-order valence-electron chi connectivity index (χ3n) is 4.08. The lowest BCUT2D eigenvalue weighted by Gasteiger charge is -2.22. The molecule has 1 unspecified atom stereocenters. The van der Waals surface area contributed by atoms with Crippen LogP contribution in [0.3, 0.4) is 0 Å². The average molecular weight is 294 g/mol. The molecule has 0 spiro atoms. The maximum atomic E-state index is 5.81. The van der Waals surface area contributed by atoms with Gasteiger partial charge in [-0.15, -0.1) is 0 Å². The molecule has 20 heavy (non-hydrogen) atoms. The molecule has 110 valence electrons. The summed E-state index contributed by atoms with van der Waals surface area (Å²) in [5.41, 5.74) is 3.20. The fourth-order valence-electron chi connectivity index (χ4n) is 3.00. The van der Waals surface area contributed by atoms with Crippen molar-refractivity contribution in [2.45, 2.75) is 58.7 Å². The monoisotopic (exact) mass is 294 g/mol. The van der Waals surface area contributed by atoms with Gasteiger partial charge in [0.2, 0.25) is 0 Å². The molecule has 2 aromatic heterocycles. The number of hydrogen-bond donors (Lipinski definition) is 1. The second-order valence-electron chi connectivity index (χ2n) is 5.46. The molecule has 3 heterocycles. The zero-order valence-electron chi connectivity index (χ0n) is 12.2. The van der Waals surface area contributed by atoms with Crippen molar-refractivity contribution in [3.8, 4) is 0 Å². The molecular formula is C14H22N4OS. The molecule has 1 aliphatic heterocycles. The van der Waals surface area contributed by atoms with Crippen LogP contribution in [0.5, 0.6) is 0 Å². The number of fused-ring (bicyclic) bond motifs is 1. The highest BCUT2D eigenvalue weighted by atomic mass is 32.1. The fourth-order valence-corrected chi connectivity index (χ4v) is 3.28. The van der Waals surface area contributed by atoms with E-state index >= 15 is 0 Å². The van der Waals surface area contributed by atoms with Gasteiger partial charge in [-0.1, -0.05) is 0 Å². The summed E-state index contributed by atoms with van der Waals surface area (Å²) in [5, 5.41) is 4.55. The summed E-state index contributed by atoms with van der Waals surface area (Å²) in [7, 11) is 0. The Morgan fingerprint density at radius 2 is 2.30 bits per heavy atom. The highest BCUT2D eigenvalue weighted by Crippen LogP contribution is 2.21. The van der Waals surface area contributed by atoms with Crippen molar-refractivity contribution < 1.29 is 4.74 Å². The van der Waals surface area contributed by atoms with Crippen LogP contribution < -0.4 is 0 Å². The zero-order valence-corrected chi connectivity index (χ0v) is 13.0. The van der Waals surface area contributed by atoms with E-state index in [1.54, 1.807) is 0 Å². The molecule has 3 rings (SSSR count). The summed E-state index contributed by atoms with van der Waals surface area (Å²) in [5.74, 6) is 0. The van der Waals surface area contributed by atoms with Crippen molar-refractivity contribution >= 4 is 23.4 Å². The summed E-state index contributed by atoms with van der Waals surface area (Å²) in [6.07, 6.45) is 5.06. The van der Waals surface area contributed by atoms with E-state index in [4.69, 9.17) is 17.0 Å². The normalized spacial score (nSPS) is 19.8. The molecule has 6 heteroatoms. The van der Waals surface area contributed by atoms with Gasteiger partial charge in [0, 0.05) is 19.7 Å². The molecule has 0 bridgehead atoms. The van der Waals surface area contributed by atoms with E-state index in [9.17, 15) is 0 Å². The van der Waals surface area contributed by atoms with Crippen molar-refractivity contribution in [3.05, 3.63) is 10.5 Å². The number of nitrogens with one attached hydrogen (secondary N) is 1. The molecule has 0 radical (unpaired) electrons. The number of H-pyrrole nitrogens is 1. The Bertz CT molecular complexity index is 648. The molecule has 0 saturated carbocycles. The molecule has 0 amide bonds. The Morgan fingerprint density at radius 3 is 3.00 bits per heavy atom. The second-order valence-corrected chi connectivity index (χ2v) is 5.85. The smallest absolute Gasteiger partial charge is 0.179 e. The number of hydrogen-bond acceptors (Lipinski definition) is 3. The third-order valence-corrected chi connectivity index (χ3v) is 4.40. The Morgan fingerprint density at radius 1 is 1.45 bits per heavy atom. The Kier molecular flexibility index (Phi) is 3.94. The van der Waals surface area contributed by atoms with Gasteiger partial charge in [-0.05, 0) is 51.7 Å². The SMILES string of the molecule is CCn1nc(C)c2[nH]c(=S)n(CCC3CCCCO3)c21. The van der Waals surface area contributed by atoms with Gasteiger partial charge in [-0.25, -0.2) is 4.68 Å². The quantitative estimate of drug-likeness (QED) is 0.881. The molecule has 1 aliphatic rings. The minimum atomic E-state index is 0.384. The molecule has 1 saturated heterocycles. The number of aryl methyl sites for hydroxylation is 3. The van der Waals surface area contributed by atoms with Gasteiger partial charge >= 0.3 is 0 Å². The van der Waals surface area contributed by atoms with Crippen LogP contribution in [-0.2, 0) is 17.8 Å². The number of ether oxygens (including phenoxy) is 1. The largest absolute Gasteiger partial charge is 0.378 e. The molecule has 1 atom stereocenters. The second kappa shape index (κ2) is 5.69. The molecule has 1 N–H and O–H groups in total. The fraction of sp³-hybridized carbons (Fsp3) is 0.714. The lowest BCUT2D eigenvalue weighted by atomic mass is 10.1. The zero-order chi connectivity index (χ0) is 14.1. The lowest BCUT2D eigenvalue weighted by Crippen LogP contribution is -2.21. The van der Waals surface area contributed by atoms with Crippen molar-refractivity contribution in [2.75, 3.05) is 6.61 Å². The van der Waals surface area contributed by atoms with E-state index < -0.39 is 0 Å². The number of aromatic nitrogens is 4. The first-order valence-corrected chi connectivity index (χ1v) is 7.89. The van der Waals surface area contributed by atoms with Crippen LogP contribution in [0.15, 0.2) is 0 Å². The first-order chi connectivity index (χ1) is 9.70. The van der Waals surface area contributed by atoms with Gasteiger partial charge < -0.3 is 14.3 Å². The first kappa shape index (κ1) is 13.8. The highest BCUT2D eigenvalue weighted by molar-refractivity contribution is 7.71. The lowest BCUT2D eigenvalue weighted by molar-refractivity contribution is 0.00887. The topological polar surface area (TPSA) is 47.8 Å². The molecule has 1 fully saturated rings. The molecular weight excluding hydrogens is 272 g/mol. The van der Waals surface area contributed by atoms with Crippen LogP contribution in [0.25, 0.3) is 11.2 Å². The number of rotatable bonds is 4. The summed E-state index contributed by atoms with van der Waals surface area (Å²) in [6, 6.07) is 0. The third kappa shape index (κ3) is 2.42. The Balaban J connectivity index is 1.86. The van der Waals surface area contributed by atoms with Gasteiger partial charge in [-0.2, -0.15) is 5.10 Å². The average Bonchev–Trinajstić information content (AvgIpc) is 2.95. The van der Waals surface area contributed by atoms with Gasteiger partial charge in [0.25, 0.3) is 0 Å². The number of aromatic amines is 1. The predicted octanol–water partition coefficient (Wildman–Crippen LogP) is 3.18. The van der Waals surface area contributed by atoms with Gasteiger partial charge in [0.15, 0.2) is 10.4 Å². The van der Waals surface area contributed by atoms with Crippen LogP contribution in [0.2, 0.25) is 0 Å². The first-order valence-electron chi connectivity index (χ1n) is 7.48. The minimum absolute atomic E-state index is 0.384. The van der Waals surface area contributed by atoms with Gasteiger partial charge in [0.05, 0.1) is 11.8 Å². The van der Waals surface area contributed by atoms with Crippen molar-refractivity contribution in [3.63, 3.8) is 0 Å². The van der Waals surface area contributed by atoms with Crippen molar-refractivity contribution in [1.82, 2.24) is 19.3 Å². The maximum Gasteiger partial charge on any atom is 0.179 e. The number of nitrogens with zero attached hydrogens (tertiary/aromatic N) is 3. The summed E-state index contributed by atoms with van der Waals surface area (Å²) in [4.78, 5) is 3.29. The van der Waals surface area contributed by atoms with E-state index in [2.05, 4.69) is 21.6 Å². The minimum Gasteiger partial charge on any atom is -0.378 e. The van der Waals surface area contributed by atoms with E-state index in [0.717, 1.165) is 47.7 Å². The Hall–Kier alpha value is -1.14. The molecule has 0 aliphatic carbocycles. The molecule has 0 aromatic carbocycles. The standard InChI is InChI=1S/C14H22N4OS/c1-3-18-13-12(10(2)16-18)15-14(20)17(13)8-7-11-6-4-5-9-19-11/h11H,3-9H2,1-2H3,(H,15,20). The number of imidazole rings is 1. The van der Waals surface area contributed by atoms with Gasteiger partial charge in [-0.3, -0.25) is 0 Å². The maximum absolute atomic E-state index is 5.81. The van der Waals surface area contributed by atoms with E-state index in [1.807, 2.05) is 11.6 Å². The van der Waals surface area contributed by atoms with Crippen molar-refractivity contribution in [2.24, 2.45) is 0 Å². The van der Waals surface area contributed by atoms with Gasteiger partial charge in [0.1, 0.15) is 5.52 Å². The van der Waals surface area contributed by atoms with Crippen LogP contribution in [0, 0.1) is 11.7 Å². The molecule has 2 aromatic rings. The molecule has 5 nitrogen and oxygen atoms in total. The summed E-state index contributed by atoms with van der Waals surface area (Å²) in [6.45, 7) is 6.79. The predicted molar refractivity (Wildman–Crippen MR) is 81.5 cm³/mol. The van der Waals surface area contributed by atoms with E-state index in [1.165, 1.54) is 19.3 Å². The van der Waals surface area contributed by atoms with E-state index in [-0.39, 0.29) is 0 Å². The highest BCUT2D eigenvalue weighted by Gasteiger charge is 2.17. The van der Waals surface area contributed by atoms with Crippen molar-refractivity contribution in [1.29, 1.82) is 0 Å². The van der Waals surface area contributed by atoms with Crippen LogP contribution in [0.4, 0.5) is 0 Å². The van der Waals surface area contributed by atoms with Crippen LogP contribution in [0.1, 0.15) is 38.3 Å². The van der Waals surface area contributed by atoms with Crippen LogP contribution in [-0.4, -0.2) is 32.0 Å².